The molecule has 1 saturated heterocycles. The van der Waals surface area contributed by atoms with Crippen molar-refractivity contribution in [1.82, 2.24) is 0 Å². The minimum atomic E-state index is -0.395. The van der Waals surface area contributed by atoms with Crippen molar-refractivity contribution in [3.05, 3.63) is 59.1 Å². The second kappa shape index (κ2) is 7.39. The highest BCUT2D eigenvalue weighted by atomic mass is 79.9. The number of benzene rings is 2. The van der Waals surface area contributed by atoms with E-state index in [1.54, 1.807) is 48.5 Å². The predicted molar refractivity (Wildman–Crippen MR) is 116 cm³/mol. The van der Waals surface area contributed by atoms with Crippen LogP contribution in [0.1, 0.15) is 16.8 Å². The van der Waals surface area contributed by atoms with Crippen LogP contribution in [-0.4, -0.2) is 28.7 Å². The average Bonchev–Trinajstić information content (AvgIpc) is 3.34. The third-order valence-electron chi connectivity index (χ3n) is 6.36. The fourth-order valence-electron chi connectivity index (χ4n) is 5.02. The Labute approximate surface area is 186 Å². The number of amides is 2. The van der Waals surface area contributed by atoms with Gasteiger partial charge in [-0.15, -0.1) is 0 Å². The molecule has 1 aliphatic heterocycles. The van der Waals surface area contributed by atoms with E-state index in [2.05, 4.69) is 26.6 Å². The molecule has 154 valence electrons. The second-order valence-corrected chi connectivity index (χ2v) is 9.43. The maximum Gasteiger partial charge on any atom is 0.310 e. The first-order valence-corrected chi connectivity index (χ1v) is 11.0. The first-order valence-electron chi connectivity index (χ1n) is 9.75. The van der Waals surface area contributed by atoms with Crippen LogP contribution in [0.2, 0.25) is 5.02 Å². The summed E-state index contributed by atoms with van der Waals surface area (Å²) >= 11 is 9.69. The molecule has 0 spiro atoms. The van der Waals surface area contributed by atoms with Crippen LogP contribution in [0, 0.1) is 23.7 Å². The monoisotopic (exact) mass is 488 g/mol. The summed E-state index contributed by atoms with van der Waals surface area (Å²) in [5.41, 5.74) is 1.55. The number of halogens is 2. The molecule has 1 heterocycles. The van der Waals surface area contributed by atoms with Gasteiger partial charge in [0, 0.05) is 17.2 Å². The molecule has 6 nitrogen and oxygen atoms in total. The number of hydrogen-bond acceptors (Lipinski definition) is 4. The minimum Gasteiger partial charge on any atom is -0.461 e. The van der Waals surface area contributed by atoms with E-state index in [1.165, 1.54) is 0 Å². The molecule has 3 fully saturated rings. The standard InChI is InChI=1S/C22H18BrClN2O4/c23-18-12-9-13-17(22(29)30-19(13)18)16(12)21(28)25-11-7-5-10(6-8-11)20(27)26-15-4-2-1-3-14(15)24/h1-8,12-13,16-19H,9H2,(H,25,28)(H,26,27)/t12-,13-,16-,17-,18+,19+/m1/s1. The first kappa shape index (κ1) is 19.6. The van der Waals surface area contributed by atoms with E-state index < -0.39 is 5.92 Å². The van der Waals surface area contributed by atoms with Gasteiger partial charge in [-0.3, -0.25) is 14.4 Å². The quantitative estimate of drug-likeness (QED) is 0.500. The molecule has 2 aromatic rings. The van der Waals surface area contributed by atoms with E-state index in [-0.39, 0.29) is 46.5 Å². The van der Waals surface area contributed by atoms with Crippen LogP contribution in [0.3, 0.4) is 0 Å². The topological polar surface area (TPSA) is 84.5 Å². The van der Waals surface area contributed by atoms with Gasteiger partial charge in [-0.2, -0.15) is 0 Å². The molecule has 0 aromatic heterocycles. The van der Waals surface area contributed by atoms with E-state index in [4.69, 9.17) is 16.3 Å². The molecule has 0 radical (unpaired) electrons. The summed E-state index contributed by atoms with van der Waals surface area (Å²) in [5.74, 6) is -1.27. The third kappa shape index (κ3) is 3.11. The van der Waals surface area contributed by atoms with Gasteiger partial charge < -0.3 is 15.4 Å². The number of para-hydroxylation sites is 1. The van der Waals surface area contributed by atoms with Gasteiger partial charge in [-0.25, -0.2) is 0 Å². The van der Waals surface area contributed by atoms with Gasteiger partial charge in [-0.1, -0.05) is 39.7 Å². The zero-order valence-electron chi connectivity index (χ0n) is 15.7. The lowest BCUT2D eigenvalue weighted by atomic mass is 9.79. The second-order valence-electron chi connectivity index (χ2n) is 7.96. The molecule has 0 unspecified atom stereocenters. The highest BCUT2D eigenvalue weighted by Crippen LogP contribution is 2.60. The van der Waals surface area contributed by atoms with Gasteiger partial charge in [-0.05, 0) is 48.7 Å². The van der Waals surface area contributed by atoms with Crippen LogP contribution in [0.15, 0.2) is 48.5 Å². The molecule has 2 amide bonds. The zero-order chi connectivity index (χ0) is 21.0. The smallest absolute Gasteiger partial charge is 0.310 e. The molecule has 30 heavy (non-hydrogen) atoms. The van der Waals surface area contributed by atoms with Gasteiger partial charge >= 0.3 is 5.97 Å². The highest BCUT2D eigenvalue weighted by molar-refractivity contribution is 9.09. The number of nitrogens with one attached hydrogen (secondary N) is 2. The molecule has 3 aliphatic rings. The van der Waals surface area contributed by atoms with Crippen molar-refractivity contribution in [1.29, 1.82) is 0 Å². The number of hydrogen-bond donors (Lipinski definition) is 2. The summed E-state index contributed by atoms with van der Waals surface area (Å²) in [6.07, 6.45) is 0.725. The molecule has 8 heteroatoms. The molecule has 5 rings (SSSR count). The molecular formula is C22H18BrClN2O4. The molecule has 2 saturated carbocycles. The summed E-state index contributed by atoms with van der Waals surface area (Å²) in [5, 5.41) is 6.12. The Morgan fingerprint density at radius 1 is 1.03 bits per heavy atom. The van der Waals surface area contributed by atoms with E-state index in [0.717, 1.165) is 6.42 Å². The van der Waals surface area contributed by atoms with E-state index in [0.29, 0.717) is 22.0 Å². The fraction of sp³-hybridized carbons (Fsp3) is 0.318. The van der Waals surface area contributed by atoms with Crippen LogP contribution < -0.4 is 10.6 Å². The minimum absolute atomic E-state index is 0.0248. The van der Waals surface area contributed by atoms with Crippen molar-refractivity contribution >= 4 is 56.7 Å². The van der Waals surface area contributed by atoms with Crippen molar-refractivity contribution in [3.8, 4) is 0 Å². The Bertz CT molecular complexity index is 1040. The van der Waals surface area contributed by atoms with Crippen LogP contribution in [0.4, 0.5) is 11.4 Å². The molecule has 2 bridgehead atoms. The van der Waals surface area contributed by atoms with Crippen LogP contribution >= 0.6 is 27.5 Å². The Balaban J connectivity index is 1.26. The Morgan fingerprint density at radius 3 is 2.50 bits per heavy atom. The summed E-state index contributed by atoms with van der Waals surface area (Å²) in [4.78, 5) is 37.6. The number of anilines is 2. The van der Waals surface area contributed by atoms with Gasteiger partial charge in [0.15, 0.2) is 0 Å². The van der Waals surface area contributed by atoms with Crippen molar-refractivity contribution in [3.63, 3.8) is 0 Å². The number of carbonyl (C=O) groups is 3. The lowest BCUT2D eigenvalue weighted by Gasteiger charge is -2.27. The normalized spacial score (nSPS) is 30.8. The number of esters is 1. The molecular weight excluding hydrogens is 472 g/mol. The maximum atomic E-state index is 12.9. The van der Waals surface area contributed by atoms with Crippen molar-refractivity contribution in [2.45, 2.75) is 17.4 Å². The summed E-state index contributed by atoms with van der Waals surface area (Å²) in [6.45, 7) is 0. The number of carbonyl (C=O) groups excluding carboxylic acids is 3. The van der Waals surface area contributed by atoms with Crippen LogP contribution in [-0.2, 0) is 14.3 Å². The molecule has 6 atom stereocenters. The van der Waals surface area contributed by atoms with Crippen LogP contribution in [0.25, 0.3) is 0 Å². The lowest BCUT2D eigenvalue weighted by molar-refractivity contribution is -0.145. The first-order chi connectivity index (χ1) is 14.4. The Morgan fingerprint density at radius 2 is 1.77 bits per heavy atom. The predicted octanol–water partition coefficient (Wildman–Crippen LogP) is 4.10. The van der Waals surface area contributed by atoms with Gasteiger partial charge in [0.05, 0.1) is 27.4 Å². The summed E-state index contributed by atoms with van der Waals surface area (Å²) in [6, 6.07) is 13.6. The van der Waals surface area contributed by atoms with E-state index >= 15 is 0 Å². The largest absolute Gasteiger partial charge is 0.461 e. The fourth-order valence-corrected chi connectivity index (χ4v) is 6.25. The Hall–Kier alpha value is -2.38. The summed E-state index contributed by atoms with van der Waals surface area (Å²) < 4.78 is 5.46. The van der Waals surface area contributed by atoms with Gasteiger partial charge in [0.2, 0.25) is 5.91 Å². The number of alkyl halides is 1. The SMILES string of the molecule is O=C(Nc1ccccc1Cl)c1ccc(NC(=O)[C@@H]2[C@H]3C[C@H]4[C@H](OC(=O)[C@H]42)[C@H]3Br)cc1. The lowest BCUT2D eigenvalue weighted by Crippen LogP contribution is -2.40. The van der Waals surface area contributed by atoms with Crippen molar-refractivity contribution in [2.24, 2.45) is 23.7 Å². The number of ether oxygens (including phenoxy) is 1. The van der Waals surface area contributed by atoms with Gasteiger partial charge in [0.1, 0.15) is 6.10 Å². The van der Waals surface area contributed by atoms with E-state index in [9.17, 15) is 14.4 Å². The summed E-state index contributed by atoms with van der Waals surface area (Å²) in [7, 11) is 0. The zero-order valence-corrected chi connectivity index (χ0v) is 18.0. The molecule has 2 aliphatic carbocycles. The number of rotatable bonds is 4. The third-order valence-corrected chi connectivity index (χ3v) is 7.89. The van der Waals surface area contributed by atoms with Gasteiger partial charge in [0.25, 0.3) is 5.91 Å². The van der Waals surface area contributed by atoms with Crippen LogP contribution in [0.5, 0.6) is 0 Å². The highest BCUT2D eigenvalue weighted by Gasteiger charge is 2.67. The van der Waals surface area contributed by atoms with Crippen molar-refractivity contribution < 1.29 is 19.1 Å². The maximum absolute atomic E-state index is 12.9. The number of fused-ring (bicyclic) bond motifs is 1. The molecule has 2 N–H and O–H groups in total. The Kier molecular flexibility index (Phi) is 4.82. The van der Waals surface area contributed by atoms with E-state index in [1.807, 2.05) is 0 Å². The molecule has 2 aromatic carbocycles. The van der Waals surface area contributed by atoms with Crippen molar-refractivity contribution in [2.75, 3.05) is 10.6 Å². The average molecular weight is 490 g/mol.